The van der Waals surface area contributed by atoms with Crippen LogP contribution < -0.4 is 0 Å². The Morgan fingerprint density at radius 2 is 1.67 bits per heavy atom. The fourth-order valence-corrected chi connectivity index (χ4v) is 3.39. The summed E-state index contributed by atoms with van der Waals surface area (Å²) in [5, 5.41) is 10.2. The third kappa shape index (κ3) is 2.98. The van der Waals surface area contributed by atoms with Crippen LogP contribution in [0.15, 0.2) is 0 Å². The Hall–Kier alpha value is -0.980. The van der Waals surface area contributed by atoms with Crippen molar-refractivity contribution in [3.8, 4) is 0 Å². The van der Waals surface area contributed by atoms with E-state index in [-0.39, 0.29) is 25.9 Å². The van der Waals surface area contributed by atoms with Crippen LogP contribution in [-0.2, 0) is 4.74 Å². The predicted octanol–water partition coefficient (Wildman–Crippen LogP) is 2.95. The van der Waals surface area contributed by atoms with Gasteiger partial charge in [0.15, 0.2) is 5.60 Å². The first-order chi connectivity index (χ1) is 9.45. The number of alkyl halides is 3. The zero-order valence-electron chi connectivity index (χ0n) is 12.5. The molecule has 2 atom stereocenters. The zero-order valence-corrected chi connectivity index (χ0v) is 12.5. The molecule has 1 saturated carbocycles. The highest BCUT2D eigenvalue weighted by atomic mass is 19.4. The molecule has 122 valence electrons. The van der Waals surface area contributed by atoms with Crippen LogP contribution in [0.2, 0.25) is 0 Å². The van der Waals surface area contributed by atoms with Crippen LogP contribution in [0.3, 0.4) is 0 Å². The van der Waals surface area contributed by atoms with Crippen LogP contribution in [0, 0.1) is 11.8 Å². The predicted molar refractivity (Wildman–Crippen MR) is 69.6 cm³/mol. The van der Waals surface area contributed by atoms with Crippen molar-refractivity contribution in [3.05, 3.63) is 0 Å². The number of rotatable bonds is 0. The van der Waals surface area contributed by atoms with Crippen LogP contribution in [0.1, 0.15) is 40.0 Å². The Labute approximate surface area is 122 Å². The van der Waals surface area contributed by atoms with Gasteiger partial charge in [-0.15, -0.1) is 0 Å². The van der Waals surface area contributed by atoms with E-state index < -0.39 is 35.3 Å². The van der Waals surface area contributed by atoms with Gasteiger partial charge in [0.05, 0.1) is 0 Å². The summed E-state index contributed by atoms with van der Waals surface area (Å²) in [4.78, 5) is 13.4. The molecule has 1 N–H and O–H groups in total. The van der Waals surface area contributed by atoms with E-state index in [0.29, 0.717) is 6.42 Å². The molecular formula is C14H22F3NO3. The molecule has 2 rings (SSSR count). The van der Waals surface area contributed by atoms with Gasteiger partial charge in [-0.25, -0.2) is 4.79 Å². The standard InChI is InChI=1S/C14H22F3NO3/c1-12(2,3)21-11(19)18-7-9-5-4-6-10(8-18)13(9,20)14(15,16)17/h9-10,20H,4-8H2,1-3H3. The SMILES string of the molecule is CC(C)(C)OC(=O)N1CC2CCCC(C1)C2(O)C(F)(F)F. The van der Waals surface area contributed by atoms with Gasteiger partial charge in [0.1, 0.15) is 5.60 Å². The van der Waals surface area contributed by atoms with Crippen molar-refractivity contribution in [2.45, 2.75) is 57.4 Å². The van der Waals surface area contributed by atoms with Crippen LogP contribution in [0.5, 0.6) is 0 Å². The Morgan fingerprint density at radius 1 is 1.19 bits per heavy atom. The van der Waals surface area contributed by atoms with E-state index in [1.54, 1.807) is 20.8 Å². The summed E-state index contributed by atoms with van der Waals surface area (Å²) >= 11 is 0. The Bertz CT molecular complexity index is 403. The maximum absolute atomic E-state index is 13.3. The van der Waals surface area contributed by atoms with Crippen molar-refractivity contribution in [1.29, 1.82) is 0 Å². The lowest BCUT2D eigenvalue weighted by Crippen LogP contribution is -2.67. The maximum atomic E-state index is 13.3. The molecular weight excluding hydrogens is 287 g/mol. The Morgan fingerprint density at radius 3 is 2.05 bits per heavy atom. The number of nitrogens with zero attached hydrogens (tertiary/aromatic N) is 1. The molecule has 1 aliphatic heterocycles. The molecule has 1 amide bonds. The molecule has 4 nitrogen and oxygen atoms in total. The summed E-state index contributed by atoms with van der Waals surface area (Å²) < 4.78 is 45.0. The molecule has 2 bridgehead atoms. The number of hydrogen-bond acceptors (Lipinski definition) is 3. The first-order valence-corrected chi connectivity index (χ1v) is 7.22. The molecule has 0 aromatic carbocycles. The van der Waals surface area contributed by atoms with Crippen molar-refractivity contribution in [3.63, 3.8) is 0 Å². The highest BCUT2D eigenvalue weighted by Gasteiger charge is 2.66. The van der Waals surface area contributed by atoms with Crippen LogP contribution in [0.25, 0.3) is 0 Å². The summed E-state index contributed by atoms with van der Waals surface area (Å²) in [6.07, 6.45) is -4.08. The number of ether oxygens (including phenoxy) is 1. The smallest absolute Gasteiger partial charge is 0.417 e. The van der Waals surface area contributed by atoms with Gasteiger partial charge in [-0.05, 0) is 33.6 Å². The van der Waals surface area contributed by atoms with Gasteiger partial charge in [-0.1, -0.05) is 6.42 Å². The highest BCUT2D eigenvalue weighted by Crippen LogP contribution is 2.51. The Balaban J connectivity index is 2.17. The quantitative estimate of drug-likeness (QED) is 0.748. The molecule has 7 heteroatoms. The lowest BCUT2D eigenvalue weighted by atomic mass is 9.65. The second-order valence-corrected chi connectivity index (χ2v) is 7.03. The summed E-state index contributed by atoms with van der Waals surface area (Å²) in [5.74, 6) is -1.95. The average Bonchev–Trinajstić information content (AvgIpc) is 2.23. The van der Waals surface area contributed by atoms with Gasteiger partial charge in [-0.2, -0.15) is 13.2 Å². The highest BCUT2D eigenvalue weighted by molar-refractivity contribution is 5.68. The van der Waals surface area contributed by atoms with Crippen molar-refractivity contribution in [2.75, 3.05) is 13.1 Å². The van der Waals surface area contributed by atoms with Crippen LogP contribution >= 0.6 is 0 Å². The van der Waals surface area contributed by atoms with Gasteiger partial charge in [0, 0.05) is 24.9 Å². The number of amides is 1. The average molecular weight is 309 g/mol. The minimum absolute atomic E-state index is 0.110. The van der Waals surface area contributed by atoms with Crippen molar-refractivity contribution in [2.24, 2.45) is 11.8 Å². The summed E-state index contributed by atoms with van der Waals surface area (Å²) in [5.41, 5.74) is -3.37. The third-order valence-corrected chi connectivity index (χ3v) is 4.34. The number of carbonyl (C=O) groups excluding carboxylic acids is 1. The summed E-state index contributed by atoms with van der Waals surface area (Å²) in [7, 11) is 0. The van der Waals surface area contributed by atoms with Crippen molar-refractivity contribution in [1.82, 2.24) is 4.90 Å². The molecule has 0 aromatic heterocycles. The van der Waals surface area contributed by atoms with Gasteiger partial charge in [-0.3, -0.25) is 0 Å². The summed E-state index contributed by atoms with van der Waals surface area (Å²) in [6, 6.07) is 0. The lowest BCUT2D eigenvalue weighted by molar-refractivity contribution is -0.318. The number of halogens is 3. The largest absolute Gasteiger partial charge is 0.444 e. The molecule has 0 spiro atoms. The second-order valence-electron chi connectivity index (χ2n) is 7.03. The second kappa shape index (κ2) is 5.04. The Kier molecular flexibility index (Phi) is 3.93. The minimum atomic E-state index is -4.66. The molecule has 2 aliphatic rings. The fraction of sp³-hybridized carbons (Fsp3) is 0.929. The monoisotopic (exact) mass is 309 g/mol. The van der Waals surface area contributed by atoms with E-state index in [4.69, 9.17) is 4.74 Å². The molecule has 2 fully saturated rings. The molecule has 1 aliphatic carbocycles. The fourth-order valence-electron chi connectivity index (χ4n) is 3.39. The molecule has 1 saturated heterocycles. The van der Waals surface area contributed by atoms with Gasteiger partial charge >= 0.3 is 12.3 Å². The van der Waals surface area contributed by atoms with E-state index in [1.165, 1.54) is 4.90 Å². The number of likely N-dealkylation sites (tertiary alicyclic amines) is 1. The van der Waals surface area contributed by atoms with Crippen LogP contribution in [0.4, 0.5) is 18.0 Å². The minimum Gasteiger partial charge on any atom is -0.444 e. The third-order valence-electron chi connectivity index (χ3n) is 4.34. The van der Waals surface area contributed by atoms with E-state index >= 15 is 0 Å². The van der Waals surface area contributed by atoms with Gasteiger partial charge in [0.2, 0.25) is 0 Å². The van der Waals surface area contributed by atoms with Gasteiger partial charge < -0.3 is 14.7 Å². The topological polar surface area (TPSA) is 49.8 Å². The van der Waals surface area contributed by atoms with E-state index in [9.17, 15) is 23.1 Å². The van der Waals surface area contributed by atoms with Crippen LogP contribution in [-0.4, -0.2) is 46.6 Å². The number of piperidine rings is 1. The van der Waals surface area contributed by atoms with Crippen molar-refractivity contribution < 1.29 is 27.8 Å². The van der Waals surface area contributed by atoms with Gasteiger partial charge in [0.25, 0.3) is 0 Å². The number of carbonyl (C=O) groups is 1. The maximum Gasteiger partial charge on any atom is 0.417 e. The molecule has 0 radical (unpaired) electrons. The molecule has 2 unspecified atom stereocenters. The normalized spacial score (nSPS) is 33.8. The van der Waals surface area contributed by atoms with Crippen molar-refractivity contribution >= 4 is 6.09 Å². The first-order valence-electron chi connectivity index (χ1n) is 7.22. The summed E-state index contributed by atoms with van der Waals surface area (Å²) in [6.45, 7) is 4.91. The zero-order chi connectivity index (χ0) is 16.1. The molecule has 1 heterocycles. The number of hydrogen-bond donors (Lipinski definition) is 1. The molecule has 21 heavy (non-hydrogen) atoms. The first kappa shape index (κ1) is 16.4. The lowest BCUT2D eigenvalue weighted by Gasteiger charge is -2.53. The number of aliphatic hydroxyl groups is 1. The number of fused-ring (bicyclic) bond motifs is 2. The van der Waals surface area contributed by atoms with E-state index in [0.717, 1.165) is 0 Å². The molecule has 0 aromatic rings. The van der Waals surface area contributed by atoms with E-state index in [1.807, 2.05) is 0 Å². The van der Waals surface area contributed by atoms with E-state index in [2.05, 4.69) is 0 Å².